The molecule has 1 aliphatic heterocycles. The molecule has 0 aromatic carbocycles. The van der Waals surface area contributed by atoms with E-state index in [1.807, 2.05) is 54.5 Å². The zero-order valence-corrected chi connectivity index (χ0v) is 21.0. The summed E-state index contributed by atoms with van der Waals surface area (Å²) in [4.78, 5) is 18.6. The Morgan fingerprint density at radius 1 is 1.16 bits per heavy atom. The number of hydrogen-bond donors (Lipinski definition) is 0. The molecule has 32 heavy (non-hydrogen) atoms. The molecular weight excluding hydrogens is 403 g/mol. The van der Waals surface area contributed by atoms with Crippen LogP contribution in [0.4, 0.5) is 4.79 Å². The SMILES string of the molecule is CC(C)c1c(B2OC(C)(C)C(C)(C)O2)n(C(=O)OC(C)(C)C)c2ccc(C3CCC3)nc12. The van der Waals surface area contributed by atoms with Gasteiger partial charge in [0.05, 0.1) is 27.8 Å². The third kappa shape index (κ3) is 3.88. The van der Waals surface area contributed by atoms with Crippen LogP contribution in [0.5, 0.6) is 0 Å². The van der Waals surface area contributed by atoms with Crippen molar-refractivity contribution < 1.29 is 18.8 Å². The van der Waals surface area contributed by atoms with Gasteiger partial charge < -0.3 is 14.0 Å². The van der Waals surface area contributed by atoms with Gasteiger partial charge in [-0.15, -0.1) is 0 Å². The van der Waals surface area contributed by atoms with Gasteiger partial charge in [-0.1, -0.05) is 20.3 Å². The van der Waals surface area contributed by atoms with Crippen molar-refractivity contribution in [3.8, 4) is 0 Å². The van der Waals surface area contributed by atoms with Crippen molar-refractivity contribution in [2.24, 2.45) is 0 Å². The second kappa shape index (κ2) is 7.59. The molecule has 0 radical (unpaired) electrons. The summed E-state index contributed by atoms with van der Waals surface area (Å²) in [6, 6.07) is 4.08. The Balaban J connectivity index is 1.95. The predicted octanol–water partition coefficient (Wildman–Crippen LogP) is 5.51. The van der Waals surface area contributed by atoms with Crippen molar-refractivity contribution in [2.45, 2.75) is 110 Å². The maximum absolute atomic E-state index is 13.5. The first kappa shape index (κ1) is 23.3. The molecule has 0 spiro atoms. The first-order chi connectivity index (χ1) is 14.7. The van der Waals surface area contributed by atoms with Crippen LogP contribution in [0.1, 0.15) is 105 Å². The normalized spacial score (nSPS) is 20.8. The summed E-state index contributed by atoms with van der Waals surface area (Å²) >= 11 is 0. The Bertz CT molecular complexity index is 1030. The largest absolute Gasteiger partial charge is 0.513 e. The molecule has 7 heteroatoms. The molecule has 1 aliphatic carbocycles. The van der Waals surface area contributed by atoms with Gasteiger partial charge in [0, 0.05) is 11.6 Å². The van der Waals surface area contributed by atoms with Crippen LogP contribution in [-0.4, -0.2) is 39.6 Å². The van der Waals surface area contributed by atoms with Crippen LogP contribution in [0.2, 0.25) is 0 Å². The number of carbonyl (C=O) groups excluding carboxylic acids is 1. The molecule has 2 fully saturated rings. The zero-order chi connectivity index (χ0) is 23.6. The lowest BCUT2D eigenvalue weighted by Crippen LogP contribution is -2.44. The number of rotatable bonds is 3. The molecule has 0 bridgehead atoms. The van der Waals surface area contributed by atoms with Crippen molar-refractivity contribution >= 4 is 29.8 Å². The minimum Gasteiger partial charge on any atom is -0.443 e. The van der Waals surface area contributed by atoms with Gasteiger partial charge in [0.15, 0.2) is 0 Å². The Kier molecular flexibility index (Phi) is 5.53. The van der Waals surface area contributed by atoms with E-state index in [2.05, 4.69) is 19.9 Å². The lowest BCUT2D eigenvalue weighted by Gasteiger charge is -2.32. The molecule has 0 amide bonds. The zero-order valence-electron chi connectivity index (χ0n) is 21.0. The minimum atomic E-state index is -0.689. The maximum atomic E-state index is 13.5. The van der Waals surface area contributed by atoms with E-state index < -0.39 is 30.0 Å². The van der Waals surface area contributed by atoms with Crippen molar-refractivity contribution in [3.05, 3.63) is 23.4 Å². The van der Waals surface area contributed by atoms with Crippen LogP contribution in [-0.2, 0) is 14.0 Å². The molecule has 0 atom stereocenters. The monoisotopic (exact) mass is 440 g/mol. The van der Waals surface area contributed by atoms with Crippen molar-refractivity contribution in [1.82, 2.24) is 9.55 Å². The maximum Gasteiger partial charge on any atom is 0.513 e. The number of carbonyl (C=O) groups is 1. The molecule has 2 aliphatic rings. The van der Waals surface area contributed by atoms with Gasteiger partial charge in [-0.25, -0.2) is 4.79 Å². The highest BCUT2D eigenvalue weighted by Crippen LogP contribution is 2.40. The van der Waals surface area contributed by atoms with E-state index in [4.69, 9.17) is 19.0 Å². The highest BCUT2D eigenvalue weighted by molar-refractivity contribution is 6.63. The first-order valence-corrected chi connectivity index (χ1v) is 11.9. The molecule has 174 valence electrons. The van der Waals surface area contributed by atoms with Crippen molar-refractivity contribution in [2.75, 3.05) is 0 Å². The fraction of sp³-hybridized carbons (Fsp3) is 0.680. The number of ether oxygens (including phenoxy) is 1. The van der Waals surface area contributed by atoms with Crippen LogP contribution < -0.4 is 5.59 Å². The number of fused-ring (bicyclic) bond motifs is 1. The van der Waals surface area contributed by atoms with Crippen LogP contribution >= 0.6 is 0 Å². The van der Waals surface area contributed by atoms with Gasteiger partial charge in [0.25, 0.3) is 0 Å². The van der Waals surface area contributed by atoms with E-state index in [1.165, 1.54) is 19.3 Å². The smallest absolute Gasteiger partial charge is 0.443 e. The van der Waals surface area contributed by atoms with E-state index in [0.717, 1.165) is 22.3 Å². The molecule has 3 heterocycles. The average molecular weight is 440 g/mol. The second-order valence-electron chi connectivity index (χ2n) is 11.6. The summed E-state index contributed by atoms with van der Waals surface area (Å²) in [5, 5.41) is 0. The number of hydrogen-bond acceptors (Lipinski definition) is 5. The molecule has 2 aromatic rings. The number of aromatic nitrogens is 2. The van der Waals surface area contributed by atoms with E-state index in [1.54, 1.807) is 4.57 Å². The summed E-state index contributed by atoms with van der Waals surface area (Å²) in [6.45, 7) is 18.0. The van der Waals surface area contributed by atoms with Gasteiger partial charge in [-0.2, -0.15) is 0 Å². The minimum absolute atomic E-state index is 0.124. The summed E-state index contributed by atoms with van der Waals surface area (Å²) in [5.41, 5.74) is 2.71. The van der Waals surface area contributed by atoms with E-state index in [9.17, 15) is 4.79 Å². The standard InChI is InChI=1S/C25H37BN2O4/c1-15(2)19-20-18(14-13-17(27-20)16-11-10-12-16)28(22(29)30-23(3,4)5)21(19)26-31-24(6,7)25(8,9)32-26/h13-16H,10-12H2,1-9H3. The molecule has 0 N–H and O–H groups in total. The lowest BCUT2D eigenvalue weighted by molar-refractivity contribution is 0.00578. The molecule has 6 nitrogen and oxygen atoms in total. The Labute approximate surface area is 192 Å². The summed E-state index contributed by atoms with van der Waals surface area (Å²) < 4.78 is 20.3. The van der Waals surface area contributed by atoms with Crippen molar-refractivity contribution in [1.29, 1.82) is 0 Å². The predicted molar refractivity (Wildman–Crippen MR) is 128 cm³/mol. The van der Waals surface area contributed by atoms with E-state index in [0.29, 0.717) is 11.5 Å². The van der Waals surface area contributed by atoms with Crippen LogP contribution in [0.25, 0.3) is 11.0 Å². The highest BCUT2D eigenvalue weighted by atomic mass is 16.7. The van der Waals surface area contributed by atoms with Crippen molar-refractivity contribution in [3.63, 3.8) is 0 Å². The number of nitrogens with zero attached hydrogens (tertiary/aromatic N) is 2. The van der Waals surface area contributed by atoms with Gasteiger partial charge in [0.1, 0.15) is 5.60 Å². The van der Waals surface area contributed by atoms with Crippen LogP contribution in [0, 0.1) is 0 Å². The second-order valence-corrected chi connectivity index (χ2v) is 11.6. The molecule has 1 saturated carbocycles. The Morgan fingerprint density at radius 3 is 2.22 bits per heavy atom. The lowest BCUT2D eigenvalue weighted by atomic mass is 9.78. The first-order valence-electron chi connectivity index (χ1n) is 11.9. The third-order valence-electron chi connectivity index (χ3n) is 7.06. The quantitative estimate of drug-likeness (QED) is 0.589. The number of pyridine rings is 1. The fourth-order valence-corrected chi connectivity index (χ4v) is 4.41. The summed E-state index contributed by atoms with van der Waals surface area (Å²) in [7, 11) is -0.689. The fourth-order valence-electron chi connectivity index (χ4n) is 4.41. The summed E-state index contributed by atoms with van der Waals surface area (Å²) in [5.74, 6) is 0.629. The van der Waals surface area contributed by atoms with Gasteiger partial charge in [-0.3, -0.25) is 9.55 Å². The average Bonchev–Trinajstić information content (AvgIpc) is 3.02. The summed E-state index contributed by atoms with van der Waals surface area (Å²) in [6.07, 6.45) is 3.16. The molecular formula is C25H37BN2O4. The van der Waals surface area contributed by atoms with Gasteiger partial charge >= 0.3 is 13.2 Å². The topological polar surface area (TPSA) is 62.6 Å². The molecule has 2 aromatic heterocycles. The van der Waals surface area contributed by atoms with E-state index >= 15 is 0 Å². The van der Waals surface area contributed by atoms with Crippen LogP contribution in [0.3, 0.4) is 0 Å². The Morgan fingerprint density at radius 2 is 1.75 bits per heavy atom. The molecule has 1 saturated heterocycles. The third-order valence-corrected chi connectivity index (χ3v) is 7.06. The van der Waals surface area contributed by atoms with Gasteiger partial charge in [-0.05, 0) is 84.9 Å². The molecule has 4 rings (SSSR count). The van der Waals surface area contributed by atoms with Crippen LogP contribution in [0.15, 0.2) is 12.1 Å². The van der Waals surface area contributed by atoms with Gasteiger partial charge in [0.2, 0.25) is 0 Å². The Hall–Kier alpha value is -1.86. The van der Waals surface area contributed by atoms with E-state index in [-0.39, 0.29) is 5.92 Å². The molecule has 0 unspecified atom stereocenters. The highest BCUT2D eigenvalue weighted by Gasteiger charge is 2.54.